The lowest BCUT2D eigenvalue weighted by molar-refractivity contribution is -0.117. The molecule has 5 atom stereocenters. The van der Waals surface area contributed by atoms with E-state index in [1.165, 1.54) is 0 Å². The largest absolute Gasteiger partial charge is 0.326 e. The Kier molecular flexibility index (Phi) is 3.63. The Labute approximate surface area is 145 Å². The standard InChI is InChI=1S/C17H18Cl3NO/c18-9-2-1-3-10(8-9)21-16(22)15-11-4-6-13-14(17(13,19)20)7-5-12(11)15/h1-3,8,11-15H,4-7H2,(H,21,22)/t11-,12+,13+,14-,15?. The molecule has 0 saturated heterocycles. The first-order chi connectivity index (χ1) is 10.5. The lowest BCUT2D eigenvalue weighted by Crippen LogP contribution is -2.15. The monoisotopic (exact) mass is 357 g/mol. The fourth-order valence-electron chi connectivity index (χ4n) is 4.40. The number of fused-ring (bicyclic) bond motifs is 2. The van der Waals surface area contributed by atoms with Gasteiger partial charge in [0.25, 0.3) is 0 Å². The normalized spacial score (nSPS) is 38.0. The van der Waals surface area contributed by atoms with Gasteiger partial charge < -0.3 is 5.32 Å². The zero-order valence-corrected chi connectivity index (χ0v) is 14.3. The highest BCUT2D eigenvalue weighted by molar-refractivity contribution is 6.51. The molecule has 1 aromatic carbocycles. The van der Waals surface area contributed by atoms with Crippen LogP contribution < -0.4 is 5.32 Å². The van der Waals surface area contributed by atoms with Crippen LogP contribution in [0.15, 0.2) is 24.3 Å². The van der Waals surface area contributed by atoms with Crippen LogP contribution in [-0.2, 0) is 4.79 Å². The van der Waals surface area contributed by atoms with Crippen molar-refractivity contribution in [2.45, 2.75) is 30.0 Å². The quantitative estimate of drug-likeness (QED) is 0.729. The summed E-state index contributed by atoms with van der Waals surface area (Å²) >= 11 is 18.6. The Morgan fingerprint density at radius 3 is 2.32 bits per heavy atom. The minimum atomic E-state index is -0.491. The summed E-state index contributed by atoms with van der Waals surface area (Å²) in [4.78, 5) is 12.5. The molecule has 0 heterocycles. The lowest BCUT2D eigenvalue weighted by Gasteiger charge is -2.05. The number of carbonyl (C=O) groups is 1. The van der Waals surface area contributed by atoms with Gasteiger partial charge in [0.2, 0.25) is 5.91 Å². The average molecular weight is 359 g/mol. The predicted octanol–water partition coefficient (Wildman–Crippen LogP) is 5.13. The number of anilines is 1. The number of amides is 1. The molecule has 3 fully saturated rings. The van der Waals surface area contributed by atoms with Crippen LogP contribution in [0.4, 0.5) is 5.69 Å². The van der Waals surface area contributed by atoms with E-state index in [-0.39, 0.29) is 11.8 Å². The maximum atomic E-state index is 12.5. The van der Waals surface area contributed by atoms with Gasteiger partial charge in [0.1, 0.15) is 4.33 Å². The van der Waals surface area contributed by atoms with E-state index in [1.54, 1.807) is 12.1 Å². The maximum absolute atomic E-state index is 12.5. The third-order valence-electron chi connectivity index (χ3n) is 5.71. The highest BCUT2D eigenvalue weighted by Crippen LogP contribution is 2.67. The van der Waals surface area contributed by atoms with Crippen molar-refractivity contribution >= 4 is 46.4 Å². The van der Waals surface area contributed by atoms with Crippen molar-refractivity contribution in [1.82, 2.24) is 0 Å². The summed E-state index contributed by atoms with van der Waals surface area (Å²) < 4.78 is -0.491. The van der Waals surface area contributed by atoms with Crippen LogP contribution in [0.25, 0.3) is 0 Å². The average Bonchev–Trinajstić information content (AvgIpc) is 3.23. The second-order valence-electron chi connectivity index (χ2n) is 6.90. The summed E-state index contributed by atoms with van der Waals surface area (Å²) in [5.41, 5.74) is 0.778. The van der Waals surface area contributed by atoms with E-state index in [1.807, 2.05) is 12.1 Å². The van der Waals surface area contributed by atoms with Gasteiger partial charge >= 0.3 is 0 Å². The van der Waals surface area contributed by atoms with Gasteiger partial charge in [-0.15, -0.1) is 23.2 Å². The smallest absolute Gasteiger partial charge is 0.228 e. The molecule has 1 N–H and O–H groups in total. The fourth-order valence-corrected chi connectivity index (χ4v) is 5.51. The third kappa shape index (κ3) is 2.53. The number of hydrogen-bond acceptors (Lipinski definition) is 1. The van der Waals surface area contributed by atoms with E-state index in [0.29, 0.717) is 28.7 Å². The maximum Gasteiger partial charge on any atom is 0.228 e. The van der Waals surface area contributed by atoms with Crippen molar-refractivity contribution in [3.63, 3.8) is 0 Å². The van der Waals surface area contributed by atoms with Gasteiger partial charge in [-0.25, -0.2) is 0 Å². The van der Waals surface area contributed by atoms with Gasteiger partial charge in [-0.05, 0) is 67.6 Å². The zero-order chi connectivity index (χ0) is 15.5. The molecule has 0 spiro atoms. The van der Waals surface area contributed by atoms with Crippen molar-refractivity contribution in [2.75, 3.05) is 5.32 Å². The Hall–Kier alpha value is -0.440. The van der Waals surface area contributed by atoms with Gasteiger partial charge in [-0.2, -0.15) is 0 Å². The van der Waals surface area contributed by atoms with E-state index >= 15 is 0 Å². The number of rotatable bonds is 2. The number of hydrogen-bond donors (Lipinski definition) is 1. The summed E-state index contributed by atoms with van der Waals surface area (Å²) in [6.45, 7) is 0. The molecule has 0 radical (unpaired) electrons. The fraction of sp³-hybridized carbons (Fsp3) is 0.588. The zero-order valence-electron chi connectivity index (χ0n) is 12.1. The van der Waals surface area contributed by atoms with Gasteiger partial charge in [0.15, 0.2) is 0 Å². The summed E-state index contributed by atoms with van der Waals surface area (Å²) in [5, 5.41) is 3.64. The van der Waals surface area contributed by atoms with Crippen LogP contribution in [-0.4, -0.2) is 10.2 Å². The Morgan fingerprint density at radius 2 is 1.73 bits per heavy atom. The van der Waals surface area contributed by atoms with Gasteiger partial charge in [0, 0.05) is 16.6 Å². The topological polar surface area (TPSA) is 29.1 Å². The number of alkyl halides is 2. The number of nitrogens with one attached hydrogen (secondary N) is 1. The molecule has 4 rings (SSSR count). The molecule has 22 heavy (non-hydrogen) atoms. The Balaban J connectivity index is 1.38. The molecular formula is C17H18Cl3NO. The number of benzene rings is 1. The molecule has 3 aliphatic carbocycles. The van der Waals surface area contributed by atoms with Crippen LogP contribution >= 0.6 is 34.8 Å². The summed E-state index contributed by atoms with van der Waals surface area (Å²) in [6, 6.07) is 7.31. The number of carbonyl (C=O) groups excluding carboxylic acids is 1. The van der Waals surface area contributed by atoms with E-state index in [9.17, 15) is 4.79 Å². The molecule has 0 bridgehead atoms. The van der Waals surface area contributed by atoms with Crippen molar-refractivity contribution in [2.24, 2.45) is 29.6 Å². The molecule has 3 aliphatic rings. The molecule has 0 aromatic heterocycles. The van der Waals surface area contributed by atoms with Crippen molar-refractivity contribution in [1.29, 1.82) is 0 Å². The predicted molar refractivity (Wildman–Crippen MR) is 90.4 cm³/mol. The van der Waals surface area contributed by atoms with Crippen molar-refractivity contribution in [3.05, 3.63) is 29.3 Å². The number of halogens is 3. The molecule has 0 aliphatic heterocycles. The first-order valence-corrected chi connectivity index (χ1v) is 9.06. The van der Waals surface area contributed by atoms with Crippen LogP contribution in [0.2, 0.25) is 5.02 Å². The summed E-state index contributed by atoms with van der Waals surface area (Å²) in [5.74, 6) is 2.17. The SMILES string of the molecule is O=C(Nc1cccc(Cl)c1)C1[C@H]2CC[C@@H]3[C@H](CC[C@@H]12)C3(Cl)Cl. The molecule has 5 heteroatoms. The second kappa shape index (κ2) is 5.29. The third-order valence-corrected chi connectivity index (χ3v) is 7.07. The van der Waals surface area contributed by atoms with E-state index in [2.05, 4.69) is 5.32 Å². The summed E-state index contributed by atoms with van der Waals surface area (Å²) in [6.07, 6.45) is 4.25. The van der Waals surface area contributed by atoms with Gasteiger partial charge in [-0.1, -0.05) is 17.7 Å². The lowest BCUT2D eigenvalue weighted by atomic mass is 10.0. The van der Waals surface area contributed by atoms with E-state index < -0.39 is 4.33 Å². The summed E-state index contributed by atoms with van der Waals surface area (Å²) in [7, 11) is 0. The van der Waals surface area contributed by atoms with Crippen molar-refractivity contribution < 1.29 is 4.79 Å². The first kappa shape index (κ1) is 15.1. The molecule has 1 unspecified atom stereocenters. The van der Waals surface area contributed by atoms with Gasteiger partial charge in [-0.3, -0.25) is 4.79 Å². The highest BCUT2D eigenvalue weighted by Gasteiger charge is 2.65. The van der Waals surface area contributed by atoms with E-state index in [0.717, 1.165) is 31.4 Å². The highest BCUT2D eigenvalue weighted by atomic mass is 35.5. The molecule has 1 aromatic rings. The molecule has 3 saturated carbocycles. The van der Waals surface area contributed by atoms with Crippen LogP contribution in [0.5, 0.6) is 0 Å². The minimum Gasteiger partial charge on any atom is -0.326 e. The molecule has 2 nitrogen and oxygen atoms in total. The molecule has 1 amide bonds. The van der Waals surface area contributed by atoms with Crippen LogP contribution in [0, 0.1) is 29.6 Å². The Morgan fingerprint density at radius 1 is 1.09 bits per heavy atom. The van der Waals surface area contributed by atoms with Crippen LogP contribution in [0.1, 0.15) is 25.7 Å². The molecule has 118 valence electrons. The Bertz CT molecular complexity index is 596. The second-order valence-corrected chi connectivity index (χ2v) is 8.78. The van der Waals surface area contributed by atoms with Crippen LogP contribution in [0.3, 0.4) is 0 Å². The molecular weight excluding hydrogens is 341 g/mol. The van der Waals surface area contributed by atoms with Gasteiger partial charge in [0.05, 0.1) is 0 Å². The van der Waals surface area contributed by atoms with Crippen molar-refractivity contribution in [3.8, 4) is 0 Å². The minimum absolute atomic E-state index is 0.135. The first-order valence-electron chi connectivity index (χ1n) is 7.92. The van der Waals surface area contributed by atoms with E-state index in [4.69, 9.17) is 34.8 Å².